The van der Waals surface area contributed by atoms with Gasteiger partial charge in [-0.2, -0.15) is 5.26 Å². The van der Waals surface area contributed by atoms with Crippen LogP contribution in [0.1, 0.15) is 11.3 Å². The van der Waals surface area contributed by atoms with E-state index in [1.807, 2.05) is 49.6 Å². The number of nitrogens with zero attached hydrogens (tertiary/aromatic N) is 1. The summed E-state index contributed by atoms with van der Waals surface area (Å²) in [7, 11) is 0. The summed E-state index contributed by atoms with van der Waals surface area (Å²) in [5, 5.41) is 9.08. The molecule has 0 unspecified atom stereocenters. The van der Waals surface area contributed by atoms with Gasteiger partial charge in [0.1, 0.15) is 11.6 Å². The zero-order chi connectivity index (χ0) is 13.1. The minimum absolute atomic E-state index is 0.164. The number of aromatic nitrogens is 1. The Labute approximate surface area is 109 Å². The van der Waals surface area contributed by atoms with Crippen LogP contribution in [-0.2, 0) is 0 Å². The molecule has 2 aromatic rings. The quantitative estimate of drug-likeness (QED) is 0.840. The van der Waals surface area contributed by atoms with Crippen LogP contribution in [0.25, 0.3) is 11.1 Å². The number of rotatable bonds is 2. The summed E-state index contributed by atoms with van der Waals surface area (Å²) >= 11 is 1.66. The van der Waals surface area contributed by atoms with E-state index < -0.39 is 0 Å². The maximum Gasteiger partial charge on any atom is 0.266 e. The molecular formula is C14H12N2OS. The van der Waals surface area contributed by atoms with Crippen molar-refractivity contribution >= 4 is 11.8 Å². The molecule has 1 heterocycles. The van der Waals surface area contributed by atoms with E-state index in [4.69, 9.17) is 5.26 Å². The molecule has 1 aromatic heterocycles. The normalized spacial score (nSPS) is 10.1. The fourth-order valence-electron chi connectivity index (χ4n) is 1.80. The Hall–Kier alpha value is -1.99. The smallest absolute Gasteiger partial charge is 0.266 e. The van der Waals surface area contributed by atoms with Crippen LogP contribution in [0.4, 0.5) is 0 Å². The highest BCUT2D eigenvalue weighted by molar-refractivity contribution is 7.98. The van der Waals surface area contributed by atoms with Crippen LogP contribution in [0.3, 0.4) is 0 Å². The molecule has 0 aliphatic carbocycles. The summed E-state index contributed by atoms with van der Waals surface area (Å²) in [4.78, 5) is 15.5. The second-order valence-corrected chi connectivity index (χ2v) is 4.79. The number of hydrogen-bond donors (Lipinski definition) is 1. The standard InChI is InChI=1S/C14H12N2OS/c1-9-7-12(13(8-15)14(17)16-9)10-3-5-11(18-2)6-4-10/h3-7H,1-2H3,(H,16,17). The first-order chi connectivity index (χ1) is 8.65. The maximum absolute atomic E-state index is 11.7. The molecule has 18 heavy (non-hydrogen) atoms. The number of benzene rings is 1. The molecule has 1 N–H and O–H groups in total. The first-order valence-electron chi connectivity index (χ1n) is 5.44. The highest BCUT2D eigenvalue weighted by Gasteiger charge is 2.09. The summed E-state index contributed by atoms with van der Waals surface area (Å²) < 4.78 is 0. The van der Waals surface area contributed by atoms with E-state index >= 15 is 0 Å². The lowest BCUT2D eigenvalue weighted by molar-refractivity contribution is 1.13. The van der Waals surface area contributed by atoms with Crippen molar-refractivity contribution in [2.75, 3.05) is 6.26 Å². The second kappa shape index (κ2) is 5.11. The number of aromatic amines is 1. The fraction of sp³-hybridized carbons (Fsp3) is 0.143. The van der Waals surface area contributed by atoms with E-state index in [1.165, 1.54) is 0 Å². The molecular weight excluding hydrogens is 244 g/mol. The Morgan fingerprint density at radius 1 is 1.28 bits per heavy atom. The SMILES string of the molecule is CSc1ccc(-c2cc(C)[nH]c(=O)c2C#N)cc1. The van der Waals surface area contributed by atoms with Gasteiger partial charge in [-0.25, -0.2) is 0 Å². The fourth-order valence-corrected chi connectivity index (χ4v) is 2.21. The Balaban J connectivity index is 2.63. The number of nitrogens with one attached hydrogen (secondary N) is 1. The molecule has 4 heteroatoms. The molecule has 0 aliphatic heterocycles. The van der Waals surface area contributed by atoms with Gasteiger partial charge in [0.2, 0.25) is 0 Å². The van der Waals surface area contributed by atoms with Crippen molar-refractivity contribution in [2.45, 2.75) is 11.8 Å². The van der Waals surface area contributed by atoms with Gasteiger partial charge in [-0.15, -0.1) is 11.8 Å². The van der Waals surface area contributed by atoms with Crippen LogP contribution >= 0.6 is 11.8 Å². The molecule has 0 aliphatic rings. The lowest BCUT2D eigenvalue weighted by Gasteiger charge is -2.06. The van der Waals surface area contributed by atoms with Crippen molar-refractivity contribution < 1.29 is 0 Å². The lowest BCUT2D eigenvalue weighted by Crippen LogP contribution is -2.12. The molecule has 90 valence electrons. The van der Waals surface area contributed by atoms with Gasteiger partial charge in [0.25, 0.3) is 5.56 Å². The molecule has 0 saturated carbocycles. The number of thioether (sulfide) groups is 1. The summed E-state index contributed by atoms with van der Waals surface area (Å²) in [5.41, 5.74) is 2.16. The monoisotopic (exact) mass is 256 g/mol. The predicted molar refractivity (Wildman–Crippen MR) is 73.7 cm³/mol. The molecule has 3 nitrogen and oxygen atoms in total. The van der Waals surface area contributed by atoms with Crippen molar-refractivity contribution in [3.8, 4) is 17.2 Å². The van der Waals surface area contributed by atoms with E-state index in [1.54, 1.807) is 11.8 Å². The molecule has 0 atom stereocenters. The molecule has 0 spiro atoms. The third-order valence-corrected chi connectivity index (χ3v) is 3.42. The predicted octanol–water partition coefficient (Wildman–Crippen LogP) is 2.94. The van der Waals surface area contributed by atoms with Crippen LogP contribution in [0.15, 0.2) is 40.0 Å². The topological polar surface area (TPSA) is 56.6 Å². The van der Waals surface area contributed by atoms with Gasteiger partial charge in [-0.1, -0.05) is 12.1 Å². The zero-order valence-corrected chi connectivity index (χ0v) is 11.0. The highest BCUT2D eigenvalue weighted by Crippen LogP contribution is 2.24. The number of aryl methyl sites for hydroxylation is 1. The van der Waals surface area contributed by atoms with Crippen LogP contribution in [0, 0.1) is 18.3 Å². The highest BCUT2D eigenvalue weighted by atomic mass is 32.2. The maximum atomic E-state index is 11.7. The van der Waals surface area contributed by atoms with E-state index in [2.05, 4.69) is 4.98 Å². The van der Waals surface area contributed by atoms with Crippen LogP contribution in [0.2, 0.25) is 0 Å². The van der Waals surface area contributed by atoms with Gasteiger partial charge >= 0.3 is 0 Å². The van der Waals surface area contributed by atoms with Gasteiger partial charge in [0, 0.05) is 16.2 Å². The lowest BCUT2D eigenvalue weighted by atomic mass is 10.0. The molecule has 1 aromatic carbocycles. The third-order valence-electron chi connectivity index (χ3n) is 2.68. The van der Waals surface area contributed by atoms with Crippen molar-refractivity contribution in [2.24, 2.45) is 0 Å². The Morgan fingerprint density at radius 2 is 1.94 bits per heavy atom. The minimum atomic E-state index is -0.332. The Morgan fingerprint density at radius 3 is 2.50 bits per heavy atom. The zero-order valence-electron chi connectivity index (χ0n) is 10.2. The molecule has 0 amide bonds. The van der Waals surface area contributed by atoms with Crippen LogP contribution in [0.5, 0.6) is 0 Å². The summed E-state index contributed by atoms with van der Waals surface area (Å²) in [6.45, 7) is 1.81. The molecule has 0 fully saturated rings. The van der Waals surface area contributed by atoms with Crippen molar-refractivity contribution in [1.82, 2.24) is 4.98 Å². The second-order valence-electron chi connectivity index (χ2n) is 3.91. The van der Waals surface area contributed by atoms with Gasteiger partial charge in [-0.3, -0.25) is 4.79 Å². The summed E-state index contributed by atoms with van der Waals surface area (Å²) in [5.74, 6) is 0. The average molecular weight is 256 g/mol. The van der Waals surface area contributed by atoms with E-state index in [9.17, 15) is 4.79 Å². The number of H-pyrrole nitrogens is 1. The van der Waals surface area contributed by atoms with Crippen molar-refractivity contribution in [3.05, 3.63) is 51.9 Å². The van der Waals surface area contributed by atoms with Crippen LogP contribution < -0.4 is 5.56 Å². The first-order valence-corrected chi connectivity index (χ1v) is 6.66. The van der Waals surface area contributed by atoms with Gasteiger partial charge < -0.3 is 4.98 Å². The first kappa shape index (κ1) is 12.5. The molecule has 2 rings (SSSR count). The minimum Gasteiger partial charge on any atom is -0.325 e. The van der Waals surface area contributed by atoms with E-state index in [0.29, 0.717) is 5.56 Å². The molecule has 0 saturated heterocycles. The van der Waals surface area contributed by atoms with Crippen LogP contribution in [-0.4, -0.2) is 11.2 Å². The number of nitriles is 1. The van der Waals surface area contributed by atoms with Gasteiger partial charge in [0.05, 0.1) is 0 Å². The molecule has 0 radical (unpaired) electrons. The largest absolute Gasteiger partial charge is 0.325 e. The number of hydrogen-bond acceptors (Lipinski definition) is 3. The average Bonchev–Trinajstić information content (AvgIpc) is 2.38. The van der Waals surface area contributed by atoms with E-state index in [-0.39, 0.29) is 11.1 Å². The Bertz CT molecular complexity index is 666. The van der Waals surface area contributed by atoms with Gasteiger partial charge in [0.15, 0.2) is 0 Å². The third kappa shape index (κ3) is 2.31. The van der Waals surface area contributed by atoms with Crippen molar-refractivity contribution in [1.29, 1.82) is 5.26 Å². The Kier molecular flexibility index (Phi) is 3.54. The number of pyridine rings is 1. The summed E-state index contributed by atoms with van der Waals surface area (Å²) in [6, 6.07) is 11.6. The van der Waals surface area contributed by atoms with E-state index in [0.717, 1.165) is 16.2 Å². The summed E-state index contributed by atoms with van der Waals surface area (Å²) in [6.07, 6.45) is 2.01. The molecule has 0 bridgehead atoms. The van der Waals surface area contributed by atoms with Crippen molar-refractivity contribution in [3.63, 3.8) is 0 Å². The van der Waals surface area contributed by atoms with Gasteiger partial charge in [-0.05, 0) is 36.9 Å².